The van der Waals surface area contributed by atoms with Crippen LogP contribution in [-0.4, -0.2) is 67.2 Å². The van der Waals surface area contributed by atoms with Gasteiger partial charge in [0.1, 0.15) is 17.2 Å². The summed E-state index contributed by atoms with van der Waals surface area (Å²) >= 11 is 0. The molecule has 1 heterocycles. The molecule has 1 fully saturated rings. The van der Waals surface area contributed by atoms with Gasteiger partial charge in [0.2, 0.25) is 5.78 Å². The van der Waals surface area contributed by atoms with E-state index in [2.05, 4.69) is 0 Å². The minimum Gasteiger partial charge on any atom is -0.507 e. The number of carbonyl (C=O) groups is 2. The SMILES string of the molecule is CC[C@]1(O)Cc2c(O)c3c(c(O)c2[C@@H](O[C@H]2C[C@H](N)[C@H](O)[C@H](C)O2)C1)C(=O)c1c(O)cccc1C3=O.Cl. The number of hydrogen-bond acceptors (Lipinski definition) is 10. The van der Waals surface area contributed by atoms with Crippen molar-refractivity contribution in [3.8, 4) is 17.2 Å². The Bertz CT molecular complexity index is 1270. The van der Waals surface area contributed by atoms with E-state index in [9.17, 15) is 35.1 Å². The summed E-state index contributed by atoms with van der Waals surface area (Å²) in [6, 6.07) is 3.40. The maximum absolute atomic E-state index is 13.4. The van der Waals surface area contributed by atoms with Gasteiger partial charge in [-0.05, 0) is 19.4 Å². The number of aromatic hydroxyl groups is 3. The van der Waals surface area contributed by atoms with Gasteiger partial charge in [-0.15, -0.1) is 12.4 Å². The van der Waals surface area contributed by atoms with E-state index < -0.39 is 70.6 Å². The third-order valence-corrected chi connectivity index (χ3v) is 7.68. The maximum Gasteiger partial charge on any atom is 0.202 e. The van der Waals surface area contributed by atoms with Crippen LogP contribution < -0.4 is 5.73 Å². The minimum absolute atomic E-state index is 0. The fourth-order valence-corrected chi connectivity index (χ4v) is 5.58. The summed E-state index contributed by atoms with van der Waals surface area (Å²) in [6.07, 6.45) is -3.09. The molecule has 7 N–H and O–H groups in total. The predicted octanol–water partition coefficient (Wildman–Crippen LogP) is 1.97. The molecule has 3 aliphatic rings. The lowest BCUT2D eigenvalue weighted by molar-refractivity contribution is -0.247. The summed E-state index contributed by atoms with van der Waals surface area (Å²) in [5, 5.41) is 54.3. The van der Waals surface area contributed by atoms with Crippen LogP contribution in [0.25, 0.3) is 0 Å². The quantitative estimate of drug-likeness (QED) is 0.271. The number of halogens is 1. The highest BCUT2D eigenvalue weighted by Gasteiger charge is 2.47. The van der Waals surface area contributed by atoms with E-state index in [1.54, 1.807) is 13.8 Å². The predicted molar refractivity (Wildman–Crippen MR) is 132 cm³/mol. The first-order chi connectivity index (χ1) is 17.0. The first-order valence-electron chi connectivity index (χ1n) is 12.0. The number of ketones is 2. The van der Waals surface area contributed by atoms with E-state index >= 15 is 0 Å². The Hall–Kier alpha value is -2.73. The number of aliphatic hydroxyl groups excluding tert-OH is 1. The van der Waals surface area contributed by atoms with Crippen LogP contribution in [0.15, 0.2) is 18.2 Å². The van der Waals surface area contributed by atoms with Crippen LogP contribution >= 0.6 is 12.4 Å². The van der Waals surface area contributed by atoms with Gasteiger partial charge in [-0.25, -0.2) is 0 Å². The monoisotopic (exact) mass is 535 g/mol. The van der Waals surface area contributed by atoms with Crippen molar-refractivity contribution in [2.24, 2.45) is 5.73 Å². The molecule has 2 aromatic carbocycles. The molecular formula is C26H30ClNO9. The van der Waals surface area contributed by atoms with Crippen molar-refractivity contribution in [3.05, 3.63) is 51.6 Å². The molecule has 1 saturated heterocycles. The van der Waals surface area contributed by atoms with Gasteiger partial charge in [-0.2, -0.15) is 0 Å². The molecular weight excluding hydrogens is 506 g/mol. The molecule has 2 aliphatic carbocycles. The molecule has 37 heavy (non-hydrogen) atoms. The van der Waals surface area contributed by atoms with Crippen LogP contribution in [0.5, 0.6) is 17.2 Å². The lowest BCUT2D eigenvalue weighted by Gasteiger charge is -2.42. The van der Waals surface area contributed by atoms with E-state index in [0.29, 0.717) is 0 Å². The van der Waals surface area contributed by atoms with E-state index in [1.807, 2.05) is 0 Å². The van der Waals surface area contributed by atoms with Gasteiger partial charge in [0, 0.05) is 42.0 Å². The van der Waals surface area contributed by atoms with Crippen molar-refractivity contribution in [1.29, 1.82) is 0 Å². The third-order valence-electron chi connectivity index (χ3n) is 7.68. The third kappa shape index (κ3) is 4.18. The Morgan fingerprint density at radius 1 is 1.11 bits per heavy atom. The number of phenolic OH excluding ortho intramolecular Hbond substituents is 3. The summed E-state index contributed by atoms with van der Waals surface area (Å²) in [6.45, 7) is 3.40. The second-order valence-electron chi connectivity index (χ2n) is 9.94. The average Bonchev–Trinajstić information content (AvgIpc) is 2.82. The van der Waals surface area contributed by atoms with E-state index in [1.165, 1.54) is 18.2 Å². The van der Waals surface area contributed by atoms with Gasteiger partial charge in [-0.3, -0.25) is 9.59 Å². The molecule has 0 amide bonds. The molecule has 200 valence electrons. The van der Waals surface area contributed by atoms with Crippen LogP contribution in [-0.2, 0) is 15.9 Å². The van der Waals surface area contributed by atoms with Crippen molar-refractivity contribution < 1.29 is 44.6 Å². The van der Waals surface area contributed by atoms with E-state index in [-0.39, 0.29) is 65.9 Å². The van der Waals surface area contributed by atoms with E-state index in [4.69, 9.17) is 15.2 Å². The molecule has 0 saturated carbocycles. The zero-order valence-electron chi connectivity index (χ0n) is 20.3. The number of rotatable bonds is 3. The van der Waals surface area contributed by atoms with Gasteiger partial charge in [0.25, 0.3) is 0 Å². The average molecular weight is 536 g/mol. The maximum atomic E-state index is 13.4. The number of hydrogen-bond donors (Lipinski definition) is 6. The molecule has 0 unspecified atom stereocenters. The second-order valence-corrected chi connectivity index (χ2v) is 9.94. The Kier molecular flexibility index (Phi) is 7.04. The summed E-state index contributed by atoms with van der Waals surface area (Å²) in [5.41, 5.74) is 3.71. The highest BCUT2D eigenvalue weighted by Crippen LogP contribution is 2.52. The largest absolute Gasteiger partial charge is 0.507 e. The first-order valence-corrected chi connectivity index (χ1v) is 12.0. The van der Waals surface area contributed by atoms with Crippen molar-refractivity contribution in [3.63, 3.8) is 0 Å². The topological polar surface area (TPSA) is 180 Å². The Morgan fingerprint density at radius 3 is 2.43 bits per heavy atom. The van der Waals surface area contributed by atoms with Gasteiger partial charge >= 0.3 is 0 Å². The summed E-state index contributed by atoms with van der Waals surface area (Å²) < 4.78 is 11.9. The Balaban J connectivity index is 0.00000320. The molecule has 10 nitrogen and oxygen atoms in total. The molecule has 5 rings (SSSR count). The van der Waals surface area contributed by atoms with Crippen LogP contribution in [0.4, 0.5) is 0 Å². The highest BCUT2D eigenvalue weighted by molar-refractivity contribution is 6.31. The number of fused-ring (bicyclic) bond motifs is 3. The normalized spacial score (nSPS) is 30.7. The fourth-order valence-electron chi connectivity index (χ4n) is 5.58. The van der Waals surface area contributed by atoms with Gasteiger partial charge < -0.3 is 40.7 Å². The molecule has 0 bridgehead atoms. The van der Waals surface area contributed by atoms with E-state index in [0.717, 1.165) is 0 Å². The van der Waals surface area contributed by atoms with Crippen molar-refractivity contribution in [1.82, 2.24) is 0 Å². The van der Waals surface area contributed by atoms with Crippen LogP contribution in [0.2, 0.25) is 0 Å². The van der Waals surface area contributed by atoms with Crippen molar-refractivity contribution >= 4 is 24.0 Å². The van der Waals surface area contributed by atoms with Gasteiger partial charge in [-0.1, -0.05) is 19.1 Å². The van der Waals surface area contributed by atoms with Gasteiger partial charge in [0.05, 0.1) is 40.6 Å². The lowest BCUT2D eigenvalue weighted by Crippen LogP contribution is -2.52. The smallest absolute Gasteiger partial charge is 0.202 e. The van der Waals surface area contributed by atoms with Gasteiger partial charge in [0.15, 0.2) is 12.1 Å². The molecule has 11 heteroatoms. The fraction of sp³-hybridized carbons (Fsp3) is 0.462. The van der Waals surface area contributed by atoms with Crippen LogP contribution in [0.1, 0.15) is 82.2 Å². The summed E-state index contributed by atoms with van der Waals surface area (Å²) in [4.78, 5) is 26.7. The number of carbonyl (C=O) groups excluding carboxylic acids is 2. The first kappa shape index (κ1) is 27.3. The zero-order valence-corrected chi connectivity index (χ0v) is 21.1. The standard InChI is InChI=1S/C26H29NO9.ClH/c1-3-26(34)8-12-18(15(9-26)36-16-7-13(27)21(29)10(2)35-16)25(33)20-19(23(12)31)22(30)11-5-4-6-14(28)17(11)24(20)32;/h4-6,10,13,15-16,21,28-29,31,33-34H,3,7-9,27H2,1-2H3;1H/t10-,13-,15-,16-,21+,26-;/m0./s1. The molecule has 0 aromatic heterocycles. The zero-order chi connectivity index (χ0) is 26.1. The van der Waals surface area contributed by atoms with Crippen LogP contribution in [0.3, 0.4) is 0 Å². The molecule has 0 spiro atoms. The minimum atomic E-state index is -1.34. The molecule has 6 atom stereocenters. The summed E-state index contributed by atoms with van der Waals surface area (Å²) in [5.74, 6) is -3.02. The Morgan fingerprint density at radius 2 is 1.78 bits per heavy atom. The number of aliphatic hydroxyl groups is 2. The molecule has 2 aromatic rings. The summed E-state index contributed by atoms with van der Waals surface area (Å²) in [7, 11) is 0. The van der Waals surface area contributed by atoms with Crippen molar-refractivity contribution in [2.45, 2.75) is 75.8 Å². The number of benzene rings is 2. The number of ether oxygens (including phenoxy) is 2. The van der Waals surface area contributed by atoms with Crippen molar-refractivity contribution in [2.75, 3.05) is 0 Å². The molecule has 0 radical (unpaired) electrons. The Labute approximate surface area is 219 Å². The van der Waals surface area contributed by atoms with Crippen LogP contribution in [0, 0.1) is 0 Å². The lowest BCUT2D eigenvalue weighted by atomic mass is 9.72. The molecule has 1 aliphatic heterocycles. The number of phenols is 3. The second kappa shape index (κ2) is 9.54. The number of nitrogens with two attached hydrogens (primary N) is 1. The highest BCUT2D eigenvalue weighted by atomic mass is 35.5.